The molecule has 1 aromatic carbocycles. The number of hydrogen-bond acceptors (Lipinski definition) is 4. The van der Waals surface area contributed by atoms with Gasteiger partial charge < -0.3 is 0 Å². The average molecular weight is 369 g/mol. The molecule has 9 heteroatoms. The standard InChI is InChI=1S/C15H13F2N3O2S2/c16-13-2-1-12(9-14(13)17)24(21,22)18-5-7-20-6-3-15(19-20)11-4-8-23-10-11/h1-4,6,8-10,18H,5,7H2. The average Bonchev–Trinajstić information content (AvgIpc) is 3.20. The fourth-order valence-corrected chi connectivity index (χ4v) is 3.75. The SMILES string of the molecule is O=S(=O)(NCCn1ccc(-c2ccsc2)n1)c1ccc(F)c(F)c1. The number of benzene rings is 1. The molecule has 3 aromatic rings. The first-order valence-electron chi connectivity index (χ1n) is 6.96. The van der Waals surface area contributed by atoms with Crippen LogP contribution in [-0.4, -0.2) is 24.7 Å². The Bertz CT molecular complexity index is 938. The van der Waals surface area contributed by atoms with E-state index < -0.39 is 21.7 Å². The Labute approximate surface area is 141 Å². The minimum Gasteiger partial charge on any atom is -0.271 e. The Morgan fingerprint density at radius 2 is 2.00 bits per heavy atom. The second-order valence-electron chi connectivity index (χ2n) is 4.95. The van der Waals surface area contributed by atoms with Gasteiger partial charge in [-0.3, -0.25) is 4.68 Å². The molecule has 1 N–H and O–H groups in total. The molecule has 0 saturated carbocycles. The van der Waals surface area contributed by atoms with E-state index in [0.717, 1.165) is 23.4 Å². The smallest absolute Gasteiger partial charge is 0.240 e. The van der Waals surface area contributed by atoms with Crippen molar-refractivity contribution in [3.63, 3.8) is 0 Å². The summed E-state index contributed by atoms with van der Waals surface area (Å²) in [6.07, 6.45) is 1.75. The third-order valence-corrected chi connectivity index (χ3v) is 5.43. The van der Waals surface area contributed by atoms with Gasteiger partial charge in [-0.1, -0.05) is 0 Å². The molecule has 0 amide bonds. The van der Waals surface area contributed by atoms with Crippen LogP contribution < -0.4 is 4.72 Å². The highest BCUT2D eigenvalue weighted by Crippen LogP contribution is 2.19. The number of sulfonamides is 1. The Kier molecular flexibility index (Phi) is 4.74. The Hall–Kier alpha value is -2.10. The Morgan fingerprint density at radius 3 is 2.71 bits per heavy atom. The van der Waals surface area contributed by atoms with Crippen LogP contribution in [0.5, 0.6) is 0 Å². The maximum absolute atomic E-state index is 13.2. The molecule has 0 bridgehead atoms. The van der Waals surface area contributed by atoms with Gasteiger partial charge in [-0.25, -0.2) is 21.9 Å². The number of nitrogens with zero attached hydrogens (tertiary/aromatic N) is 2. The van der Waals surface area contributed by atoms with Gasteiger partial charge in [-0.05, 0) is 35.7 Å². The maximum atomic E-state index is 13.2. The summed E-state index contributed by atoms with van der Waals surface area (Å²) in [5.74, 6) is -2.29. The molecule has 24 heavy (non-hydrogen) atoms. The van der Waals surface area contributed by atoms with E-state index in [9.17, 15) is 17.2 Å². The summed E-state index contributed by atoms with van der Waals surface area (Å²) >= 11 is 1.57. The Balaban J connectivity index is 1.62. The molecule has 126 valence electrons. The molecular weight excluding hydrogens is 356 g/mol. The van der Waals surface area contributed by atoms with Crippen molar-refractivity contribution in [2.24, 2.45) is 0 Å². The molecule has 0 unspecified atom stereocenters. The molecule has 2 heterocycles. The summed E-state index contributed by atoms with van der Waals surface area (Å²) in [7, 11) is -3.90. The first-order valence-corrected chi connectivity index (χ1v) is 9.39. The molecule has 0 aliphatic heterocycles. The quantitative estimate of drug-likeness (QED) is 0.727. The predicted octanol–water partition coefficient (Wildman–Crippen LogP) is 2.87. The monoisotopic (exact) mass is 369 g/mol. The van der Waals surface area contributed by atoms with E-state index in [0.29, 0.717) is 12.6 Å². The van der Waals surface area contributed by atoms with E-state index in [1.165, 1.54) is 0 Å². The molecule has 2 aromatic heterocycles. The zero-order valence-corrected chi connectivity index (χ0v) is 13.9. The van der Waals surface area contributed by atoms with Crippen LogP contribution in [-0.2, 0) is 16.6 Å². The minimum atomic E-state index is -3.90. The first-order chi connectivity index (χ1) is 11.5. The summed E-state index contributed by atoms with van der Waals surface area (Å²) < 4.78 is 54.1. The maximum Gasteiger partial charge on any atom is 0.240 e. The molecule has 0 saturated heterocycles. The van der Waals surface area contributed by atoms with Crippen LogP contribution >= 0.6 is 11.3 Å². The summed E-state index contributed by atoms with van der Waals surface area (Å²) in [5, 5.41) is 8.27. The number of nitrogens with one attached hydrogen (secondary N) is 1. The van der Waals surface area contributed by atoms with Crippen LogP contribution in [0.25, 0.3) is 11.3 Å². The third-order valence-electron chi connectivity index (χ3n) is 3.29. The van der Waals surface area contributed by atoms with Crippen molar-refractivity contribution in [1.82, 2.24) is 14.5 Å². The topological polar surface area (TPSA) is 64.0 Å². The molecule has 5 nitrogen and oxygen atoms in total. The number of aromatic nitrogens is 2. The second-order valence-corrected chi connectivity index (χ2v) is 7.50. The van der Waals surface area contributed by atoms with Gasteiger partial charge in [0.05, 0.1) is 17.1 Å². The predicted molar refractivity (Wildman–Crippen MR) is 87.1 cm³/mol. The van der Waals surface area contributed by atoms with Gasteiger partial charge in [0.2, 0.25) is 10.0 Å². The molecule has 0 atom stereocenters. The summed E-state index contributed by atoms with van der Waals surface area (Å²) in [6.45, 7) is 0.388. The lowest BCUT2D eigenvalue weighted by Crippen LogP contribution is -2.27. The molecular formula is C15H13F2N3O2S2. The fourth-order valence-electron chi connectivity index (χ4n) is 2.07. The molecule has 0 fully saturated rings. The van der Waals surface area contributed by atoms with Crippen LogP contribution in [0.15, 0.2) is 52.2 Å². The zero-order chi connectivity index (χ0) is 17.2. The van der Waals surface area contributed by atoms with Crippen molar-refractivity contribution in [2.45, 2.75) is 11.4 Å². The van der Waals surface area contributed by atoms with Crippen LogP contribution in [0.3, 0.4) is 0 Å². The highest BCUT2D eigenvalue weighted by atomic mass is 32.2. The normalized spacial score (nSPS) is 11.8. The van der Waals surface area contributed by atoms with Crippen molar-refractivity contribution < 1.29 is 17.2 Å². The van der Waals surface area contributed by atoms with Crippen molar-refractivity contribution >= 4 is 21.4 Å². The van der Waals surface area contributed by atoms with E-state index in [1.807, 2.05) is 22.9 Å². The van der Waals surface area contributed by atoms with Crippen LogP contribution in [0.2, 0.25) is 0 Å². The molecule has 3 rings (SSSR count). The largest absolute Gasteiger partial charge is 0.271 e. The van der Waals surface area contributed by atoms with Gasteiger partial charge in [0, 0.05) is 23.7 Å². The summed E-state index contributed by atoms with van der Waals surface area (Å²) in [6, 6.07) is 6.24. The molecule has 0 spiro atoms. The van der Waals surface area contributed by atoms with Crippen LogP contribution in [0.4, 0.5) is 8.78 Å². The van der Waals surface area contributed by atoms with Crippen LogP contribution in [0.1, 0.15) is 0 Å². The third kappa shape index (κ3) is 3.69. The van der Waals surface area contributed by atoms with Gasteiger partial charge in [0.15, 0.2) is 11.6 Å². The van der Waals surface area contributed by atoms with E-state index >= 15 is 0 Å². The summed E-state index contributed by atoms with van der Waals surface area (Å²) in [4.78, 5) is -0.319. The highest BCUT2D eigenvalue weighted by Gasteiger charge is 2.16. The van der Waals surface area contributed by atoms with Crippen molar-refractivity contribution in [3.05, 3.63) is 58.9 Å². The van der Waals surface area contributed by atoms with Crippen molar-refractivity contribution in [2.75, 3.05) is 6.54 Å². The number of thiophene rings is 1. The van der Waals surface area contributed by atoms with Gasteiger partial charge >= 0.3 is 0 Å². The van der Waals surface area contributed by atoms with Gasteiger partial charge in [0.25, 0.3) is 0 Å². The number of halogens is 2. The number of hydrogen-bond donors (Lipinski definition) is 1. The molecule has 0 radical (unpaired) electrons. The minimum absolute atomic E-state index is 0.0755. The lowest BCUT2D eigenvalue weighted by molar-refractivity contribution is 0.503. The second kappa shape index (κ2) is 6.80. The van der Waals surface area contributed by atoms with Gasteiger partial charge in [0.1, 0.15) is 0 Å². The highest BCUT2D eigenvalue weighted by molar-refractivity contribution is 7.89. The van der Waals surface area contributed by atoms with E-state index in [-0.39, 0.29) is 11.4 Å². The zero-order valence-electron chi connectivity index (χ0n) is 12.3. The van der Waals surface area contributed by atoms with E-state index in [2.05, 4.69) is 9.82 Å². The summed E-state index contributed by atoms with van der Waals surface area (Å²) in [5.41, 5.74) is 1.81. The van der Waals surface area contributed by atoms with E-state index in [1.54, 1.807) is 22.2 Å². The van der Waals surface area contributed by atoms with Crippen LogP contribution in [0, 0.1) is 11.6 Å². The fraction of sp³-hybridized carbons (Fsp3) is 0.133. The van der Waals surface area contributed by atoms with Gasteiger partial charge in [-0.15, -0.1) is 0 Å². The lowest BCUT2D eigenvalue weighted by Gasteiger charge is -2.07. The first kappa shape index (κ1) is 16.7. The lowest BCUT2D eigenvalue weighted by atomic mass is 10.2. The molecule has 0 aliphatic rings. The van der Waals surface area contributed by atoms with Crippen molar-refractivity contribution in [3.8, 4) is 11.3 Å². The number of rotatable bonds is 6. The van der Waals surface area contributed by atoms with E-state index in [4.69, 9.17) is 0 Å². The molecule has 0 aliphatic carbocycles. The van der Waals surface area contributed by atoms with Crippen molar-refractivity contribution in [1.29, 1.82) is 0 Å². The Morgan fingerprint density at radius 1 is 1.17 bits per heavy atom. The van der Waals surface area contributed by atoms with Gasteiger partial charge in [-0.2, -0.15) is 16.4 Å².